The highest BCUT2D eigenvalue weighted by atomic mass is 32.2. The van der Waals surface area contributed by atoms with Gasteiger partial charge in [0.15, 0.2) is 11.3 Å². The zero-order valence-electron chi connectivity index (χ0n) is 21.5. The first-order valence-electron chi connectivity index (χ1n) is 12.4. The standard InChI is InChI=1S/C27H33N5O5S/c1-17-5-6-18(14-23(28)24(33)27(26(34)35)10-3-4-11-30-27)13-22(17)25(29)31-38(36,37)21-8-7-19-9-12-32(2)16-20(19)15-21/h3-8,13,15,23,30H,9-12,14,16,28H2,1-2H3,(H2,29,31)(H,34,35)/t23?,27-/m0/s1. The van der Waals surface area contributed by atoms with E-state index in [0.29, 0.717) is 23.2 Å². The van der Waals surface area contributed by atoms with E-state index >= 15 is 0 Å². The molecule has 2 heterocycles. The quantitative estimate of drug-likeness (QED) is 0.165. The first-order chi connectivity index (χ1) is 17.9. The van der Waals surface area contributed by atoms with Crippen molar-refractivity contribution in [1.82, 2.24) is 10.2 Å². The molecule has 2 aliphatic rings. The molecule has 2 aromatic rings. The minimum Gasteiger partial charge on any atom is -0.480 e. The van der Waals surface area contributed by atoms with Gasteiger partial charge in [-0.2, -0.15) is 8.42 Å². The number of carbonyl (C=O) groups is 2. The summed E-state index contributed by atoms with van der Waals surface area (Å²) in [5, 5.41) is 12.5. The van der Waals surface area contributed by atoms with Crippen LogP contribution in [-0.2, 0) is 39.0 Å². The number of nitrogens with zero attached hydrogens (tertiary/aromatic N) is 2. The molecule has 2 atom stereocenters. The number of carbonyl (C=O) groups excluding carboxylic acids is 1. The minimum absolute atomic E-state index is 0.00443. The van der Waals surface area contributed by atoms with E-state index in [1.807, 2.05) is 13.1 Å². The van der Waals surface area contributed by atoms with Crippen LogP contribution in [0.3, 0.4) is 0 Å². The van der Waals surface area contributed by atoms with Gasteiger partial charge in [-0.1, -0.05) is 30.4 Å². The molecule has 1 unspecified atom stereocenters. The fraction of sp³-hybridized carbons (Fsp3) is 0.370. The van der Waals surface area contributed by atoms with Crippen LogP contribution in [0.2, 0.25) is 0 Å². The lowest BCUT2D eigenvalue weighted by Gasteiger charge is -2.32. The topological polar surface area (TPSA) is 168 Å². The van der Waals surface area contributed by atoms with E-state index in [-0.39, 0.29) is 30.1 Å². The average molecular weight is 540 g/mol. The Labute approximate surface area is 222 Å². The SMILES string of the molecule is Cc1ccc(CC(N)C(=O)[C@]2(C(=O)O)CC=CCN2)cc1C(N)=NS(=O)(=O)c1ccc2c(c1)CN(C)CC2. The Morgan fingerprint density at radius 3 is 2.63 bits per heavy atom. The minimum atomic E-state index is -4.07. The number of hydrogen-bond acceptors (Lipinski definition) is 7. The number of ketones is 1. The van der Waals surface area contributed by atoms with E-state index < -0.39 is 33.4 Å². The molecular weight excluding hydrogens is 506 g/mol. The Morgan fingerprint density at radius 2 is 1.95 bits per heavy atom. The molecule has 4 rings (SSSR count). The van der Waals surface area contributed by atoms with E-state index in [0.717, 1.165) is 24.1 Å². The number of nitrogens with one attached hydrogen (secondary N) is 1. The molecule has 2 aliphatic heterocycles. The van der Waals surface area contributed by atoms with Crippen LogP contribution in [0.1, 0.15) is 34.2 Å². The summed E-state index contributed by atoms with van der Waals surface area (Å²) in [6.45, 7) is 3.60. The van der Waals surface area contributed by atoms with Gasteiger partial charge in [-0.15, -0.1) is 4.40 Å². The number of nitrogens with two attached hydrogens (primary N) is 2. The number of benzene rings is 2. The summed E-state index contributed by atoms with van der Waals surface area (Å²) in [5.74, 6) is -2.08. The van der Waals surface area contributed by atoms with Gasteiger partial charge in [0.25, 0.3) is 10.0 Å². The Kier molecular flexibility index (Phi) is 7.84. The third-order valence-corrected chi connectivity index (χ3v) is 8.45. The number of aryl methyl sites for hydroxylation is 1. The van der Waals surface area contributed by atoms with Gasteiger partial charge < -0.3 is 21.5 Å². The van der Waals surface area contributed by atoms with Crippen molar-refractivity contribution >= 4 is 27.6 Å². The van der Waals surface area contributed by atoms with Gasteiger partial charge in [0.2, 0.25) is 0 Å². The molecule has 2 aromatic carbocycles. The maximum absolute atomic E-state index is 13.1. The van der Waals surface area contributed by atoms with Crippen molar-refractivity contribution in [3.8, 4) is 0 Å². The van der Waals surface area contributed by atoms with E-state index in [9.17, 15) is 23.1 Å². The lowest BCUT2D eigenvalue weighted by Crippen LogP contribution is -2.63. The number of Topliss-reactive ketones (excluding diaryl/α,β-unsaturated/α-hetero) is 1. The number of amidine groups is 1. The second-order valence-corrected chi connectivity index (χ2v) is 11.6. The molecule has 0 fully saturated rings. The molecule has 0 aliphatic carbocycles. The zero-order valence-corrected chi connectivity index (χ0v) is 22.3. The number of fused-ring (bicyclic) bond motifs is 1. The van der Waals surface area contributed by atoms with Crippen molar-refractivity contribution in [3.63, 3.8) is 0 Å². The molecule has 10 nitrogen and oxygen atoms in total. The summed E-state index contributed by atoms with van der Waals surface area (Å²) < 4.78 is 30.1. The van der Waals surface area contributed by atoms with Gasteiger partial charge in [-0.3, -0.25) is 10.1 Å². The number of likely N-dealkylation sites (N-methyl/N-ethyl adjacent to an activating group) is 1. The summed E-state index contributed by atoms with van der Waals surface area (Å²) in [4.78, 5) is 27.2. The van der Waals surface area contributed by atoms with Gasteiger partial charge in [-0.25, -0.2) is 4.79 Å². The molecule has 0 saturated heterocycles. The highest BCUT2D eigenvalue weighted by Crippen LogP contribution is 2.24. The fourth-order valence-electron chi connectivity index (χ4n) is 4.91. The maximum atomic E-state index is 13.1. The Morgan fingerprint density at radius 1 is 1.18 bits per heavy atom. The van der Waals surface area contributed by atoms with Gasteiger partial charge in [-0.05, 0) is 67.3 Å². The summed E-state index contributed by atoms with van der Waals surface area (Å²) in [6.07, 6.45) is 4.31. The molecule has 202 valence electrons. The first kappa shape index (κ1) is 27.6. The van der Waals surface area contributed by atoms with Crippen LogP contribution >= 0.6 is 0 Å². The van der Waals surface area contributed by atoms with Crippen molar-refractivity contribution in [2.24, 2.45) is 15.9 Å². The molecule has 0 bridgehead atoms. The lowest BCUT2D eigenvalue weighted by molar-refractivity contribution is -0.150. The molecule has 11 heteroatoms. The average Bonchev–Trinajstić information content (AvgIpc) is 2.88. The number of carboxylic acid groups (broad SMARTS) is 1. The number of rotatable bonds is 8. The Hall–Kier alpha value is -3.38. The predicted molar refractivity (Wildman–Crippen MR) is 144 cm³/mol. The van der Waals surface area contributed by atoms with Gasteiger partial charge >= 0.3 is 5.97 Å². The smallest absolute Gasteiger partial charge is 0.332 e. The number of carboxylic acids is 1. The molecule has 38 heavy (non-hydrogen) atoms. The number of aliphatic carboxylic acids is 1. The van der Waals surface area contributed by atoms with Crippen molar-refractivity contribution < 1.29 is 23.1 Å². The summed E-state index contributed by atoms with van der Waals surface area (Å²) in [6, 6.07) is 9.05. The van der Waals surface area contributed by atoms with Gasteiger partial charge in [0.05, 0.1) is 10.9 Å². The second kappa shape index (κ2) is 10.8. The Balaban J connectivity index is 1.57. The largest absolute Gasteiger partial charge is 0.480 e. The third kappa shape index (κ3) is 5.56. The molecule has 0 aromatic heterocycles. The van der Waals surface area contributed by atoms with E-state index in [1.54, 1.807) is 49.4 Å². The maximum Gasteiger partial charge on any atom is 0.332 e. The predicted octanol–water partition coefficient (Wildman–Crippen LogP) is 0.889. The number of sulfonamides is 1. The molecule has 0 spiro atoms. The first-order valence-corrected chi connectivity index (χ1v) is 13.8. The Bertz CT molecular complexity index is 1440. The van der Waals surface area contributed by atoms with Crippen molar-refractivity contribution in [2.75, 3.05) is 20.1 Å². The lowest BCUT2D eigenvalue weighted by atomic mass is 9.82. The fourth-order valence-corrected chi connectivity index (χ4v) is 5.90. The van der Waals surface area contributed by atoms with Crippen LogP contribution in [0.4, 0.5) is 0 Å². The van der Waals surface area contributed by atoms with E-state index in [4.69, 9.17) is 11.5 Å². The normalized spacial score (nSPS) is 21.1. The van der Waals surface area contributed by atoms with Gasteiger partial charge in [0, 0.05) is 31.6 Å². The molecule has 0 radical (unpaired) electrons. The highest BCUT2D eigenvalue weighted by Gasteiger charge is 2.47. The molecule has 6 N–H and O–H groups in total. The van der Waals surface area contributed by atoms with Crippen molar-refractivity contribution in [2.45, 2.75) is 49.2 Å². The van der Waals surface area contributed by atoms with Crippen LogP contribution in [0.5, 0.6) is 0 Å². The second-order valence-electron chi connectivity index (χ2n) is 9.96. The van der Waals surface area contributed by atoms with Crippen molar-refractivity contribution in [3.05, 3.63) is 76.4 Å². The summed E-state index contributed by atoms with van der Waals surface area (Å²) >= 11 is 0. The van der Waals surface area contributed by atoms with Gasteiger partial charge in [0.1, 0.15) is 5.84 Å². The van der Waals surface area contributed by atoms with E-state index in [2.05, 4.69) is 14.6 Å². The van der Waals surface area contributed by atoms with Crippen LogP contribution in [0, 0.1) is 6.92 Å². The highest BCUT2D eigenvalue weighted by molar-refractivity contribution is 7.90. The molecule has 0 saturated carbocycles. The third-order valence-electron chi connectivity index (χ3n) is 7.17. The van der Waals surface area contributed by atoms with Crippen LogP contribution in [-0.4, -0.2) is 67.7 Å². The molecular formula is C27H33N5O5S. The van der Waals surface area contributed by atoms with Crippen LogP contribution in [0.25, 0.3) is 0 Å². The van der Waals surface area contributed by atoms with Crippen LogP contribution in [0.15, 0.2) is 57.8 Å². The monoisotopic (exact) mass is 539 g/mol. The zero-order chi connectivity index (χ0) is 27.7. The molecule has 0 amide bonds. The summed E-state index contributed by atoms with van der Waals surface area (Å²) in [7, 11) is -2.09. The number of hydrogen-bond donors (Lipinski definition) is 4. The van der Waals surface area contributed by atoms with Crippen molar-refractivity contribution in [1.29, 1.82) is 0 Å². The summed E-state index contributed by atoms with van der Waals surface area (Å²) in [5.41, 5.74) is 14.3. The van der Waals surface area contributed by atoms with Crippen LogP contribution < -0.4 is 16.8 Å². The van der Waals surface area contributed by atoms with E-state index in [1.165, 1.54) is 0 Å².